The van der Waals surface area contributed by atoms with Gasteiger partial charge in [-0.2, -0.15) is 4.98 Å². The second-order valence-corrected chi connectivity index (χ2v) is 10.6. The van der Waals surface area contributed by atoms with E-state index in [9.17, 15) is 22.9 Å². The maximum atomic E-state index is 14.6. The molecule has 4 rings (SSSR count). The van der Waals surface area contributed by atoms with Crippen LogP contribution < -0.4 is 10.2 Å². The Morgan fingerprint density at radius 2 is 1.97 bits per heavy atom. The van der Waals surface area contributed by atoms with E-state index >= 15 is 0 Å². The molecule has 0 aliphatic carbocycles. The third-order valence-electron chi connectivity index (χ3n) is 5.73. The van der Waals surface area contributed by atoms with Crippen molar-refractivity contribution < 1.29 is 27.5 Å². The topological polar surface area (TPSA) is 154 Å². The van der Waals surface area contributed by atoms with Gasteiger partial charge >= 0.3 is 5.69 Å². The van der Waals surface area contributed by atoms with Crippen LogP contribution in [0.1, 0.15) is 50.2 Å². The molecule has 35 heavy (non-hydrogen) atoms. The van der Waals surface area contributed by atoms with Gasteiger partial charge in [0.15, 0.2) is 15.7 Å². The van der Waals surface area contributed by atoms with Gasteiger partial charge in [0, 0.05) is 31.2 Å². The van der Waals surface area contributed by atoms with Crippen LogP contribution in [-0.2, 0) is 9.84 Å². The molecule has 14 heteroatoms. The van der Waals surface area contributed by atoms with Gasteiger partial charge < -0.3 is 14.7 Å². The predicted octanol–water partition coefficient (Wildman–Crippen LogP) is 3.45. The molecule has 3 aromatic rings. The standard InChI is InChI=1S/C21H25FN7O5S/c1-12(2)18-26-21(34-27-18)13-6-8-28(9-7-13)20-17(29(30)31)19(23-11-24-20)25-16-5-4-14(10-15(16)22)35(3,32)33/h4-5,10-13H,6-9H2,1-3H3,(H,30,31)(H,23,24,25)/q+1. The Hall–Kier alpha value is -3.68. The fraction of sp³-hybridized carbons (Fsp3) is 0.429. The summed E-state index contributed by atoms with van der Waals surface area (Å²) in [5.74, 6) is 0.584. The fourth-order valence-corrected chi connectivity index (χ4v) is 4.44. The first-order valence-electron chi connectivity index (χ1n) is 10.9. The molecule has 3 heterocycles. The summed E-state index contributed by atoms with van der Waals surface area (Å²) in [6.07, 6.45) is 3.46. The van der Waals surface area contributed by atoms with Gasteiger partial charge in [-0.15, -0.1) is 0 Å². The zero-order valence-electron chi connectivity index (χ0n) is 19.3. The highest BCUT2D eigenvalue weighted by Crippen LogP contribution is 2.37. The molecule has 2 aromatic heterocycles. The Labute approximate surface area is 200 Å². The number of aromatic nitrogens is 4. The Morgan fingerprint density at radius 3 is 2.54 bits per heavy atom. The summed E-state index contributed by atoms with van der Waals surface area (Å²) in [5, 5.41) is 16.5. The van der Waals surface area contributed by atoms with Gasteiger partial charge in [0.05, 0.1) is 15.5 Å². The smallest absolute Gasteiger partial charge is 0.351 e. The molecule has 1 aliphatic rings. The van der Waals surface area contributed by atoms with Crippen LogP contribution in [0.15, 0.2) is 33.9 Å². The minimum atomic E-state index is -3.60. The molecular formula is C21H25FN7O5S+. The van der Waals surface area contributed by atoms with Crippen molar-refractivity contribution in [3.8, 4) is 0 Å². The Bertz CT molecular complexity index is 1350. The first kappa shape index (κ1) is 24.4. The molecule has 0 unspecified atom stereocenters. The van der Waals surface area contributed by atoms with E-state index in [0.29, 0.717) is 37.6 Å². The van der Waals surface area contributed by atoms with Crippen LogP contribution in [0.3, 0.4) is 0 Å². The van der Waals surface area contributed by atoms with E-state index in [2.05, 4.69) is 25.4 Å². The third kappa shape index (κ3) is 5.21. The molecule has 0 spiro atoms. The quantitative estimate of drug-likeness (QED) is 0.453. The lowest BCUT2D eigenvalue weighted by Crippen LogP contribution is -2.34. The molecular weight excluding hydrogens is 481 g/mol. The maximum Gasteiger partial charge on any atom is 0.400 e. The van der Waals surface area contributed by atoms with Crippen LogP contribution in [0.2, 0.25) is 0 Å². The number of nitrogens with one attached hydrogen (secondary N) is 1. The molecule has 1 aliphatic heterocycles. The van der Waals surface area contributed by atoms with Crippen LogP contribution in [0.4, 0.5) is 27.4 Å². The lowest BCUT2D eigenvalue weighted by molar-refractivity contribution is -0.728. The Kier molecular flexibility index (Phi) is 6.65. The van der Waals surface area contributed by atoms with Crippen LogP contribution in [0, 0.1) is 10.7 Å². The highest BCUT2D eigenvalue weighted by atomic mass is 32.2. The SMILES string of the molecule is CC(C)c1noc(C2CCN(c3ncnc(Nc4ccc(S(C)(=O)=O)cc4F)c3[N+](=O)O)CC2)n1. The minimum Gasteiger partial charge on any atom is -0.351 e. The minimum absolute atomic E-state index is 0.0501. The van der Waals surface area contributed by atoms with Crippen LogP contribution in [0.5, 0.6) is 0 Å². The number of rotatable bonds is 7. The van der Waals surface area contributed by atoms with Crippen molar-refractivity contribution in [2.75, 3.05) is 29.6 Å². The number of anilines is 3. The van der Waals surface area contributed by atoms with E-state index in [1.807, 2.05) is 18.7 Å². The Balaban J connectivity index is 1.56. The van der Waals surface area contributed by atoms with Gasteiger partial charge in [0.25, 0.3) is 4.92 Å². The van der Waals surface area contributed by atoms with Gasteiger partial charge in [-0.3, -0.25) is 0 Å². The van der Waals surface area contributed by atoms with Crippen molar-refractivity contribution in [2.24, 2.45) is 0 Å². The third-order valence-corrected chi connectivity index (χ3v) is 6.84. The van der Waals surface area contributed by atoms with Crippen molar-refractivity contribution in [1.82, 2.24) is 20.1 Å². The molecule has 2 N–H and O–H groups in total. The molecule has 0 bridgehead atoms. The van der Waals surface area contributed by atoms with Crippen molar-refractivity contribution in [1.29, 1.82) is 0 Å². The predicted molar refractivity (Wildman–Crippen MR) is 122 cm³/mol. The molecule has 12 nitrogen and oxygen atoms in total. The molecule has 0 radical (unpaired) electrons. The zero-order chi connectivity index (χ0) is 25.3. The fourth-order valence-electron chi connectivity index (χ4n) is 3.81. The van der Waals surface area contributed by atoms with Crippen LogP contribution in [0.25, 0.3) is 0 Å². The number of hydrogen-bond acceptors (Lipinski definition) is 10. The number of sulfone groups is 1. The maximum absolute atomic E-state index is 14.6. The number of hydrogen-bond donors (Lipinski definition) is 2. The summed E-state index contributed by atoms with van der Waals surface area (Å²) in [6, 6.07) is 3.30. The number of nitrogens with zero attached hydrogens (tertiary/aromatic N) is 6. The second-order valence-electron chi connectivity index (χ2n) is 8.61. The summed E-state index contributed by atoms with van der Waals surface area (Å²) >= 11 is 0. The van der Waals surface area contributed by atoms with E-state index in [0.717, 1.165) is 12.3 Å². The summed E-state index contributed by atoms with van der Waals surface area (Å²) in [7, 11) is -3.60. The van der Waals surface area contributed by atoms with E-state index in [1.54, 1.807) is 0 Å². The molecule has 1 aromatic carbocycles. The molecule has 1 fully saturated rings. The summed E-state index contributed by atoms with van der Waals surface area (Å²) < 4.78 is 43.3. The monoisotopic (exact) mass is 506 g/mol. The van der Waals surface area contributed by atoms with Crippen molar-refractivity contribution in [3.05, 3.63) is 47.0 Å². The molecule has 186 valence electrons. The van der Waals surface area contributed by atoms with Gasteiger partial charge in [0.2, 0.25) is 17.5 Å². The van der Waals surface area contributed by atoms with Gasteiger partial charge in [-0.25, -0.2) is 28.0 Å². The first-order valence-corrected chi connectivity index (χ1v) is 12.8. The highest BCUT2D eigenvalue weighted by molar-refractivity contribution is 7.90. The number of halogens is 1. The van der Waals surface area contributed by atoms with E-state index in [-0.39, 0.29) is 44.7 Å². The zero-order valence-corrected chi connectivity index (χ0v) is 20.2. The van der Waals surface area contributed by atoms with Gasteiger partial charge in [0.1, 0.15) is 12.1 Å². The molecule has 1 saturated heterocycles. The lowest BCUT2D eigenvalue weighted by atomic mass is 9.96. The van der Waals surface area contributed by atoms with Gasteiger partial charge in [-0.1, -0.05) is 19.0 Å². The van der Waals surface area contributed by atoms with E-state index in [1.165, 1.54) is 18.5 Å². The number of piperidine rings is 1. The first-order chi connectivity index (χ1) is 16.5. The normalized spacial score (nSPS) is 14.9. The average molecular weight is 507 g/mol. The largest absolute Gasteiger partial charge is 0.400 e. The summed E-state index contributed by atoms with van der Waals surface area (Å²) in [6.45, 7) is 4.93. The van der Waals surface area contributed by atoms with Crippen LogP contribution in [-0.4, -0.2) is 58.0 Å². The van der Waals surface area contributed by atoms with E-state index in [4.69, 9.17) is 4.52 Å². The highest BCUT2D eigenvalue weighted by Gasteiger charge is 2.34. The molecule has 0 atom stereocenters. The summed E-state index contributed by atoms with van der Waals surface area (Å²) in [5.41, 5.74) is -0.418. The van der Waals surface area contributed by atoms with Crippen molar-refractivity contribution >= 4 is 32.8 Å². The van der Waals surface area contributed by atoms with Crippen molar-refractivity contribution in [2.45, 2.75) is 43.4 Å². The second kappa shape index (κ2) is 9.52. The Morgan fingerprint density at radius 1 is 1.26 bits per heavy atom. The number of benzene rings is 1. The van der Waals surface area contributed by atoms with Crippen LogP contribution >= 0.6 is 0 Å². The molecule has 0 amide bonds. The van der Waals surface area contributed by atoms with Gasteiger partial charge in [-0.05, 0) is 31.0 Å². The lowest BCUT2D eigenvalue weighted by Gasteiger charge is -2.30. The molecule has 0 saturated carbocycles. The summed E-state index contributed by atoms with van der Waals surface area (Å²) in [4.78, 5) is 25.9. The average Bonchev–Trinajstić information content (AvgIpc) is 3.30. The van der Waals surface area contributed by atoms with Crippen molar-refractivity contribution in [3.63, 3.8) is 0 Å². The van der Waals surface area contributed by atoms with E-state index < -0.39 is 15.7 Å².